The third-order valence-corrected chi connectivity index (χ3v) is 6.37. The molecule has 1 unspecified atom stereocenters. The maximum Gasteiger partial charge on any atom is 0.404 e. The summed E-state index contributed by atoms with van der Waals surface area (Å²) < 4.78 is 4.95. The van der Waals surface area contributed by atoms with Gasteiger partial charge < -0.3 is 15.8 Å². The molecule has 1 aliphatic rings. The number of nitrogens with one attached hydrogen (secondary N) is 2. The first kappa shape index (κ1) is 22.8. The van der Waals surface area contributed by atoms with Crippen molar-refractivity contribution in [1.82, 2.24) is 10.3 Å². The Morgan fingerprint density at radius 2 is 1.97 bits per heavy atom. The number of nitrogens with two attached hydrogens (primary N) is 1. The van der Waals surface area contributed by atoms with Gasteiger partial charge in [-0.15, -0.1) is 17.8 Å². The highest BCUT2D eigenvalue weighted by Crippen LogP contribution is 2.50. The van der Waals surface area contributed by atoms with E-state index < -0.39 is 23.6 Å². The van der Waals surface area contributed by atoms with Gasteiger partial charge in [0.15, 0.2) is 5.01 Å². The van der Waals surface area contributed by atoms with E-state index in [9.17, 15) is 14.9 Å². The van der Waals surface area contributed by atoms with Crippen LogP contribution in [0.5, 0.6) is 0 Å². The highest BCUT2D eigenvalue weighted by molar-refractivity contribution is 7.10. The maximum absolute atomic E-state index is 12.5. The number of hydrogen-bond donors (Lipinski definition) is 3. The van der Waals surface area contributed by atoms with Crippen LogP contribution < -0.4 is 16.4 Å². The third-order valence-electron chi connectivity index (χ3n) is 5.60. The molecule has 0 saturated heterocycles. The maximum atomic E-state index is 12.5. The molecule has 0 radical (unpaired) electrons. The van der Waals surface area contributed by atoms with Crippen molar-refractivity contribution in [3.8, 4) is 29.5 Å². The zero-order chi connectivity index (χ0) is 24.1. The van der Waals surface area contributed by atoms with E-state index in [0.717, 1.165) is 29.5 Å². The first-order valence-corrected chi connectivity index (χ1v) is 11.3. The number of carbonyl (C=O) groups is 2. The number of nitriles is 1. The van der Waals surface area contributed by atoms with Crippen LogP contribution in [0.3, 0.4) is 0 Å². The fraction of sp³-hybridized carbons (Fsp3) is 0.200. The molecule has 1 aliphatic carbocycles. The molecule has 9 heteroatoms. The Labute approximate surface area is 200 Å². The van der Waals surface area contributed by atoms with Crippen LogP contribution in [0.2, 0.25) is 0 Å². The van der Waals surface area contributed by atoms with Crippen LogP contribution in [-0.4, -0.2) is 23.7 Å². The predicted molar refractivity (Wildman–Crippen MR) is 129 cm³/mol. The van der Waals surface area contributed by atoms with Crippen molar-refractivity contribution in [2.75, 3.05) is 11.9 Å². The molecule has 1 aromatic heterocycles. The number of hydrogen-bond acceptors (Lipinski definition) is 6. The van der Waals surface area contributed by atoms with Crippen LogP contribution in [0.15, 0.2) is 53.9 Å². The minimum Gasteiger partial charge on any atom is -0.447 e. The van der Waals surface area contributed by atoms with E-state index in [1.807, 2.05) is 48.5 Å². The van der Waals surface area contributed by atoms with E-state index in [2.05, 4.69) is 27.6 Å². The average Bonchev–Trinajstić information content (AvgIpc) is 3.53. The quantitative estimate of drug-likeness (QED) is 0.442. The lowest BCUT2D eigenvalue weighted by atomic mass is 9.88. The summed E-state index contributed by atoms with van der Waals surface area (Å²) in [6.07, 6.45) is 6.07. The number of amides is 3. The molecule has 0 bridgehead atoms. The van der Waals surface area contributed by atoms with E-state index >= 15 is 0 Å². The number of terminal acetylenes is 1. The van der Waals surface area contributed by atoms with E-state index in [4.69, 9.17) is 16.9 Å². The molecular formula is C25H21N5O3S. The predicted octanol–water partition coefficient (Wildman–Crippen LogP) is 4.30. The van der Waals surface area contributed by atoms with E-state index in [1.54, 1.807) is 5.38 Å². The first-order chi connectivity index (χ1) is 16.4. The molecule has 4 rings (SSSR count). The van der Waals surface area contributed by atoms with Crippen molar-refractivity contribution in [2.24, 2.45) is 5.73 Å². The highest BCUT2D eigenvalue weighted by Gasteiger charge is 2.46. The lowest BCUT2D eigenvalue weighted by Crippen LogP contribution is -2.36. The minimum atomic E-state index is -0.942. The molecule has 2 aromatic carbocycles. The molecule has 34 heavy (non-hydrogen) atoms. The molecule has 1 saturated carbocycles. The van der Waals surface area contributed by atoms with Crippen molar-refractivity contribution in [3.63, 3.8) is 0 Å². The Hall–Kier alpha value is -4.34. The monoisotopic (exact) mass is 471 g/mol. The van der Waals surface area contributed by atoms with Gasteiger partial charge in [-0.2, -0.15) is 5.26 Å². The summed E-state index contributed by atoms with van der Waals surface area (Å²) in [5.74, 6) is 2.73. The zero-order valence-corrected chi connectivity index (χ0v) is 18.9. The molecule has 3 amide bonds. The second kappa shape index (κ2) is 9.65. The Kier molecular flexibility index (Phi) is 6.48. The molecule has 0 aliphatic heterocycles. The van der Waals surface area contributed by atoms with Gasteiger partial charge in [0.05, 0.1) is 17.5 Å². The zero-order valence-electron chi connectivity index (χ0n) is 18.1. The summed E-state index contributed by atoms with van der Waals surface area (Å²) >= 11 is 1.23. The fourth-order valence-electron chi connectivity index (χ4n) is 3.71. The van der Waals surface area contributed by atoms with Gasteiger partial charge in [0.2, 0.25) is 0 Å². The number of rotatable bonds is 7. The molecule has 1 atom stereocenters. The highest BCUT2D eigenvalue weighted by atomic mass is 32.1. The smallest absolute Gasteiger partial charge is 0.404 e. The van der Waals surface area contributed by atoms with Crippen molar-refractivity contribution in [2.45, 2.75) is 24.3 Å². The summed E-state index contributed by atoms with van der Waals surface area (Å²) in [6, 6.07) is 16.7. The number of anilines is 1. The second-order valence-corrected chi connectivity index (χ2v) is 8.68. The van der Waals surface area contributed by atoms with Crippen LogP contribution in [0.25, 0.3) is 11.1 Å². The molecule has 1 fully saturated rings. The number of primary amides is 1. The van der Waals surface area contributed by atoms with E-state index in [0.29, 0.717) is 16.4 Å². The van der Waals surface area contributed by atoms with Crippen molar-refractivity contribution in [1.29, 1.82) is 5.26 Å². The van der Waals surface area contributed by atoms with Crippen molar-refractivity contribution >= 4 is 29.3 Å². The summed E-state index contributed by atoms with van der Waals surface area (Å²) in [4.78, 5) is 27.8. The molecule has 0 spiro atoms. The molecule has 8 nitrogen and oxygen atoms in total. The lowest BCUT2D eigenvalue weighted by molar-refractivity contribution is 0.144. The topological polar surface area (TPSA) is 130 Å². The molecular weight excluding hydrogens is 450 g/mol. The van der Waals surface area contributed by atoms with E-state index in [1.165, 1.54) is 11.3 Å². The number of urea groups is 1. The molecule has 3 aromatic rings. The van der Waals surface area contributed by atoms with Crippen LogP contribution >= 0.6 is 11.3 Å². The summed E-state index contributed by atoms with van der Waals surface area (Å²) in [5.41, 5.74) is 8.38. The van der Waals surface area contributed by atoms with Gasteiger partial charge in [0.1, 0.15) is 12.4 Å². The number of nitrogens with zero attached hydrogens (tertiary/aromatic N) is 2. The molecule has 4 N–H and O–H groups in total. The Bertz CT molecular complexity index is 1300. The van der Waals surface area contributed by atoms with Crippen LogP contribution in [0, 0.1) is 23.7 Å². The number of aromatic nitrogens is 1. The Morgan fingerprint density at radius 3 is 2.59 bits per heavy atom. The summed E-state index contributed by atoms with van der Waals surface area (Å²) in [6.45, 7) is -0.150. The first-order valence-electron chi connectivity index (χ1n) is 10.5. The standard InChI is InChI=1S/C25H21N5O3S/c1-2-22-29-21(14-34-22)30-24(32)28-20(13-33-23(27)31)17-9-7-16(8-10-17)18-5-3-4-6-19(18)25(15-26)11-12-25/h1,3-10,14,20H,11-13H2,(H2,27,31)(H2,28,30,32). The minimum absolute atomic E-state index is 0.150. The van der Waals surface area contributed by atoms with Gasteiger partial charge in [-0.3, -0.25) is 5.32 Å². The molecule has 1 heterocycles. The summed E-state index contributed by atoms with van der Waals surface area (Å²) in [7, 11) is 0. The summed E-state index contributed by atoms with van der Waals surface area (Å²) in [5, 5.41) is 17.1. The largest absolute Gasteiger partial charge is 0.447 e. The van der Waals surface area contributed by atoms with Crippen LogP contribution in [0.4, 0.5) is 15.4 Å². The second-order valence-electron chi connectivity index (χ2n) is 7.82. The SMILES string of the molecule is C#Cc1nc(NC(=O)NC(COC(N)=O)c2ccc(-c3ccccc3C3(C#N)CC3)cc2)cs1. The lowest BCUT2D eigenvalue weighted by Gasteiger charge is -2.20. The average molecular weight is 472 g/mol. The van der Waals surface area contributed by atoms with Gasteiger partial charge in [-0.05, 0) is 41.0 Å². The Morgan fingerprint density at radius 1 is 1.24 bits per heavy atom. The third kappa shape index (κ3) is 5.01. The van der Waals surface area contributed by atoms with Gasteiger partial charge in [0, 0.05) is 5.38 Å². The fourth-order valence-corrected chi connectivity index (χ4v) is 4.26. The number of thiazole rings is 1. The number of benzene rings is 2. The van der Waals surface area contributed by atoms with Crippen LogP contribution in [-0.2, 0) is 10.2 Å². The normalized spacial score (nSPS) is 14.2. The van der Waals surface area contributed by atoms with E-state index in [-0.39, 0.29) is 6.61 Å². The van der Waals surface area contributed by atoms with Gasteiger partial charge in [-0.25, -0.2) is 14.6 Å². The van der Waals surface area contributed by atoms with Crippen molar-refractivity contribution in [3.05, 3.63) is 70.0 Å². The van der Waals surface area contributed by atoms with Crippen LogP contribution in [0.1, 0.15) is 35.0 Å². The van der Waals surface area contributed by atoms with Gasteiger partial charge in [-0.1, -0.05) is 48.5 Å². The Balaban J connectivity index is 1.54. The van der Waals surface area contributed by atoms with Crippen molar-refractivity contribution < 1.29 is 14.3 Å². The van der Waals surface area contributed by atoms with Gasteiger partial charge in [0.25, 0.3) is 0 Å². The number of ether oxygens (including phenoxy) is 1. The number of carbonyl (C=O) groups excluding carboxylic acids is 2. The van der Waals surface area contributed by atoms with Gasteiger partial charge >= 0.3 is 12.1 Å². The molecule has 170 valence electrons.